The second kappa shape index (κ2) is 10.6. The summed E-state index contributed by atoms with van der Waals surface area (Å²) in [5.74, 6) is -0.115. The van der Waals surface area contributed by atoms with E-state index in [0.29, 0.717) is 34.1 Å². The number of hydrazone groups is 1. The fourth-order valence-electron chi connectivity index (χ4n) is 2.51. The van der Waals surface area contributed by atoms with Crippen LogP contribution in [0.15, 0.2) is 47.6 Å². The maximum Gasteiger partial charge on any atom is 0.271 e. The molecular formula is C21H24N4O5. The summed E-state index contributed by atoms with van der Waals surface area (Å²) in [5, 5.41) is 9.33. The Morgan fingerprint density at radius 3 is 2.00 bits per heavy atom. The van der Waals surface area contributed by atoms with Crippen LogP contribution >= 0.6 is 0 Å². The molecule has 2 aromatic carbocycles. The largest absolute Gasteiger partial charge is 0.497 e. The highest BCUT2D eigenvalue weighted by atomic mass is 16.5. The molecule has 158 valence electrons. The van der Waals surface area contributed by atoms with Gasteiger partial charge < -0.3 is 20.1 Å². The Kier molecular flexibility index (Phi) is 7.92. The van der Waals surface area contributed by atoms with Crippen molar-refractivity contribution in [3.05, 3.63) is 48.0 Å². The van der Waals surface area contributed by atoms with Crippen molar-refractivity contribution in [1.29, 1.82) is 0 Å². The van der Waals surface area contributed by atoms with E-state index in [1.807, 2.05) is 0 Å². The Bertz CT molecular complexity index is 949. The van der Waals surface area contributed by atoms with Gasteiger partial charge in [-0.25, -0.2) is 5.43 Å². The van der Waals surface area contributed by atoms with Crippen molar-refractivity contribution in [2.75, 3.05) is 24.9 Å². The van der Waals surface area contributed by atoms with Crippen LogP contribution in [0, 0.1) is 0 Å². The van der Waals surface area contributed by atoms with Crippen molar-refractivity contribution in [3.63, 3.8) is 0 Å². The number of nitrogens with zero attached hydrogens (tertiary/aromatic N) is 1. The molecule has 0 unspecified atom stereocenters. The van der Waals surface area contributed by atoms with Gasteiger partial charge in [0.1, 0.15) is 11.5 Å². The van der Waals surface area contributed by atoms with E-state index in [2.05, 4.69) is 21.2 Å². The lowest BCUT2D eigenvalue weighted by Gasteiger charge is -2.11. The molecule has 3 N–H and O–H groups in total. The van der Waals surface area contributed by atoms with Crippen LogP contribution in [0.3, 0.4) is 0 Å². The van der Waals surface area contributed by atoms with E-state index in [4.69, 9.17) is 9.47 Å². The zero-order valence-electron chi connectivity index (χ0n) is 17.2. The standard InChI is InChI=1S/C21H24N4O5/c1-13(9-20(27)23-19-8-6-5-7-18(19)22-14(2)26)24-25-21(28)15-10-16(29-3)12-17(11-15)30-4/h5-8,10-12H,9H2,1-4H3,(H,22,26)(H,23,27)(H,25,28). The number of benzene rings is 2. The minimum absolute atomic E-state index is 0.0455. The molecule has 0 saturated carbocycles. The molecule has 0 fully saturated rings. The molecule has 2 aromatic rings. The number of methoxy groups -OCH3 is 2. The van der Waals surface area contributed by atoms with Crippen LogP contribution < -0.4 is 25.5 Å². The van der Waals surface area contributed by atoms with E-state index in [1.165, 1.54) is 21.1 Å². The van der Waals surface area contributed by atoms with Crippen molar-refractivity contribution in [2.45, 2.75) is 20.3 Å². The fraction of sp³-hybridized carbons (Fsp3) is 0.238. The van der Waals surface area contributed by atoms with E-state index in [-0.39, 0.29) is 18.2 Å². The van der Waals surface area contributed by atoms with Crippen LogP contribution in [0.2, 0.25) is 0 Å². The second-order valence-electron chi connectivity index (χ2n) is 6.34. The first-order valence-corrected chi connectivity index (χ1v) is 9.05. The molecule has 0 aliphatic rings. The van der Waals surface area contributed by atoms with Crippen LogP contribution in [0.25, 0.3) is 0 Å². The van der Waals surface area contributed by atoms with Gasteiger partial charge in [-0.05, 0) is 31.2 Å². The molecule has 0 aliphatic carbocycles. The number of carbonyl (C=O) groups is 3. The molecule has 0 radical (unpaired) electrons. The molecule has 0 bridgehead atoms. The third-order valence-corrected chi connectivity index (χ3v) is 3.89. The summed E-state index contributed by atoms with van der Waals surface area (Å²) in [5.41, 5.74) is 4.07. The zero-order valence-corrected chi connectivity index (χ0v) is 17.2. The normalized spacial score (nSPS) is 10.7. The van der Waals surface area contributed by atoms with E-state index >= 15 is 0 Å². The summed E-state index contributed by atoms with van der Waals surface area (Å²) in [4.78, 5) is 35.9. The summed E-state index contributed by atoms with van der Waals surface area (Å²) in [7, 11) is 2.98. The SMILES string of the molecule is COc1cc(OC)cc(C(=O)NN=C(C)CC(=O)Nc2ccccc2NC(C)=O)c1. The molecular weight excluding hydrogens is 388 g/mol. The number of amides is 3. The van der Waals surface area contributed by atoms with Crippen molar-refractivity contribution in [1.82, 2.24) is 5.43 Å². The summed E-state index contributed by atoms with van der Waals surface area (Å²) in [6.07, 6.45) is -0.0455. The Balaban J connectivity index is 1.99. The maximum atomic E-state index is 12.3. The monoisotopic (exact) mass is 412 g/mol. The lowest BCUT2D eigenvalue weighted by Crippen LogP contribution is -2.22. The molecule has 2 rings (SSSR count). The Morgan fingerprint density at radius 1 is 0.900 bits per heavy atom. The predicted molar refractivity (Wildman–Crippen MR) is 114 cm³/mol. The van der Waals surface area contributed by atoms with Gasteiger partial charge >= 0.3 is 0 Å². The first-order valence-electron chi connectivity index (χ1n) is 9.05. The number of ether oxygens (including phenoxy) is 2. The highest BCUT2D eigenvalue weighted by Gasteiger charge is 2.11. The molecule has 9 nitrogen and oxygen atoms in total. The minimum atomic E-state index is -0.469. The van der Waals surface area contributed by atoms with Gasteiger partial charge in [0.05, 0.1) is 32.0 Å². The number of para-hydroxylation sites is 2. The number of nitrogens with one attached hydrogen (secondary N) is 3. The van der Waals surface area contributed by atoms with Gasteiger partial charge in [-0.15, -0.1) is 0 Å². The molecule has 0 aliphatic heterocycles. The van der Waals surface area contributed by atoms with Crippen LogP contribution in [0.1, 0.15) is 30.6 Å². The molecule has 0 spiro atoms. The molecule has 0 saturated heterocycles. The van der Waals surface area contributed by atoms with Crippen LogP contribution in [-0.2, 0) is 9.59 Å². The third-order valence-electron chi connectivity index (χ3n) is 3.89. The maximum absolute atomic E-state index is 12.3. The lowest BCUT2D eigenvalue weighted by atomic mass is 10.2. The van der Waals surface area contributed by atoms with E-state index < -0.39 is 5.91 Å². The van der Waals surface area contributed by atoms with Crippen LogP contribution in [-0.4, -0.2) is 37.7 Å². The molecule has 30 heavy (non-hydrogen) atoms. The second-order valence-corrected chi connectivity index (χ2v) is 6.34. The average molecular weight is 412 g/mol. The zero-order chi connectivity index (χ0) is 22.1. The third kappa shape index (κ3) is 6.62. The Hall–Kier alpha value is -3.88. The van der Waals surface area contributed by atoms with Gasteiger partial charge in [0.15, 0.2) is 0 Å². The van der Waals surface area contributed by atoms with Gasteiger partial charge in [0.25, 0.3) is 5.91 Å². The van der Waals surface area contributed by atoms with Crippen molar-refractivity contribution < 1.29 is 23.9 Å². The Labute approximate surface area is 174 Å². The van der Waals surface area contributed by atoms with Crippen molar-refractivity contribution in [3.8, 4) is 11.5 Å². The predicted octanol–water partition coefficient (Wildman–Crippen LogP) is 2.80. The highest BCUT2D eigenvalue weighted by molar-refractivity contribution is 6.08. The van der Waals surface area contributed by atoms with Crippen molar-refractivity contribution in [2.24, 2.45) is 5.10 Å². The minimum Gasteiger partial charge on any atom is -0.497 e. The van der Waals surface area contributed by atoms with Crippen LogP contribution in [0.4, 0.5) is 11.4 Å². The number of rotatable bonds is 8. The van der Waals surface area contributed by atoms with Crippen LogP contribution in [0.5, 0.6) is 11.5 Å². The molecule has 0 atom stereocenters. The topological polar surface area (TPSA) is 118 Å². The average Bonchev–Trinajstić information content (AvgIpc) is 2.72. The summed E-state index contributed by atoms with van der Waals surface area (Å²) < 4.78 is 10.3. The number of hydrogen-bond acceptors (Lipinski definition) is 6. The smallest absolute Gasteiger partial charge is 0.271 e. The molecule has 0 aromatic heterocycles. The highest BCUT2D eigenvalue weighted by Crippen LogP contribution is 2.23. The molecule has 0 heterocycles. The quantitative estimate of drug-likeness (QED) is 0.455. The summed E-state index contributed by atoms with van der Waals surface area (Å²) in [6, 6.07) is 11.6. The summed E-state index contributed by atoms with van der Waals surface area (Å²) in [6.45, 7) is 3.00. The van der Waals surface area contributed by atoms with E-state index in [0.717, 1.165) is 0 Å². The van der Waals surface area contributed by atoms with E-state index in [1.54, 1.807) is 49.4 Å². The number of hydrogen-bond donors (Lipinski definition) is 3. The van der Waals surface area contributed by atoms with Gasteiger partial charge in [-0.2, -0.15) is 5.10 Å². The van der Waals surface area contributed by atoms with Gasteiger partial charge in [0.2, 0.25) is 11.8 Å². The fourth-order valence-corrected chi connectivity index (χ4v) is 2.51. The van der Waals surface area contributed by atoms with Gasteiger partial charge in [-0.1, -0.05) is 12.1 Å². The molecule has 3 amide bonds. The number of anilines is 2. The number of carbonyl (C=O) groups excluding carboxylic acids is 3. The molecule has 9 heteroatoms. The van der Waals surface area contributed by atoms with Gasteiger partial charge in [0, 0.05) is 24.3 Å². The van der Waals surface area contributed by atoms with E-state index in [9.17, 15) is 14.4 Å². The Morgan fingerprint density at radius 2 is 1.47 bits per heavy atom. The first-order chi connectivity index (χ1) is 14.3. The first kappa shape index (κ1) is 22.4. The van der Waals surface area contributed by atoms with Crippen molar-refractivity contribution >= 4 is 34.8 Å². The van der Waals surface area contributed by atoms with Gasteiger partial charge in [-0.3, -0.25) is 14.4 Å². The lowest BCUT2D eigenvalue weighted by molar-refractivity contribution is -0.115. The summed E-state index contributed by atoms with van der Waals surface area (Å²) >= 11 is 0.